The lowest BCUT2D eigenvalue weighted by Gasteiger charge is -2.23. The van der Waals surface area contributed by atoms with Crippen LogP contribution in [0.15, 0.2) is 18.6 Å². The summed E-state index contributed by atoms with van der Waals surface area (Å²) >= 11 is 0. The molecular formula is C12H17N3O. The summed E-state index contributed by atoms with van der Waals surface area (Å²) in [6, 6.07) is 0.146. The van der Waals surface area contributed by atoms with Crippen LogP contribution < -0.4 is 0 Å². The highest BCUT2D eigenvalue weighted by Gasteiger charge is 2.30. The van der Waals surface area contributed by atoms with Crippen LogP contribution >= 0.6 is 0 Å². The zero-order valence-corrected chi connectivity index (χ0v) is 9.59. The summed E-state index contributed by atoms with van der Waals surface area (Å²) in [6.45, 7) is 2.89. The summed E-state index contributed by atoms with van der Waals surface area (Å²) in [5.74, 6) is 0.246. The van der Waals surface area contributed by atoms with E-state index in [0.717, 1.165) is 31.5 Å². The molecule has 0 aromatic carbocycles. The predicted octanol–water partition coefficient (Wildman–Crippen LogP) is 1.94. The maximum Gasteiger partial charge on any atom is 0.223 e. The van der Waals surface area contributed by atoms with Crippen molar-refractivity contribution in [3.63, 3.8) is 0 Å². The molecule has 1 aliphatic heterocycles. The minimum atomic E-state index is 0.146. The smallest absolute Gasteiger partial charge is 0.223 e. The number of nitrogens with zero attached hydrogens (tertiary/aromatic N) is 3. The van der Waals surface area contributed by atoms with Crippen molar-refractivity contribution in [3.05, 3.63) is 24.3 Å². The lowest BCUT2D eigenvalue weighted by atomic mass is 10.1. The molecule has 4 nitrogen and oxygen atoms in total. The van der Waals surface area contributed by atoms with Crippen LogP contribution in [0.5, 0.6) is 0 Å². The molecule has 0 N–H and O–H groups in total. The first kappa shape index (κ1) is 11.0. The van der Waals surface area contributed by atoms with Gasteiger partial charge < -0.3 is 4.90 Å². The van der Waals surface area contributed by atoms with Gasteiger partial charge in [0.2, 0.25) is 5.91 Å². The topological polar surface area (TPSA) is 46.1 Å². The van der Waals surface area contributed by atoms with Crippen LogP contribution in [0, 0.1) is 0 Å². The summed E-state index contributed by atoms with van der Waals surface area (Å²) in [7, 11) is 0. The summed E-state index contributed by atoms with van der Waals surface area (Å²) in [6.07, 6.45) is 8.74. The number of aromatic nitrogens is 2. The first-order valence-corrected chi connectivity index (χ1v) is 5.88. The van der Waals surface area contributed by atoms with Crippen LogP contribution in [0.3, 0.4) is 0 Å². The second-order valence-corrected chi connectivity index (χ2v) is 4.13. The van der Waals surface area contributed by atoms with E-state index < -0.39 is 0 Å². The van der Waals surface area contributed by atoms with Gasteiger partial charge in [0.1, 0.15) is 0 Å². The molecule has 0 spiro atoms. The Balaban J connectivity index is 2.12. The Hall–Kier alpha value is -1.45. The Morgan fingerprint density at radius 1 is 1.56 bits per heavy atom. The zero-order valence-electron chi connectivity index (χ0n) is 9.59. The molecule has 86 valence electrons. The molecule has 4 heteroatoms. The van der Waals surface area contributed by atoms with Crippen molar-refractivity contribution in [2.24, 2.45) is 0 Å². The van der Waals surface area contributed by atoms with E-state index in [9.17, 15) is 4.79 Å². The summed E-state index contributed by atoms with van der Waals surface area (Å²) < 4.78 is 0. The number of likely N-dealkylation sites (tertiary alicyclic amines) is 1. The molecule has 0 saturated carbocycles. The average molecular weight is 219 g/mol. The van der Waals surface area contributed by atoms with Crippen molar-refractivity contribution in [3.8, 4) is 0 Å². The fourth-order valence-corrected chi connectivity index (χ4v) is 2.21. The molecule has 1 fully saturated rings. The molecule has 1 saturated heterocycles. The van der Waals surface area contributed by atoms with Gasteiger partial charge in [-0.05, 0) is 19.3 Å². The van der Waals surface area contributed by atoms with E-state index in [1.54, 1.807) is 18.6 Å². The first-order valence-electron chi connectivity index (χ1n) is 5.88. The third-order valence-electron chi connectivity index (χ3n) is 2.96. The highest BCUT2D eigenvalue weighted by atomic mass is 16.2. The van der Waals surface area contributed by atoms with Gasteiger partial charge in [0, 0.05) is 25.4 Å². The number of hydrogen-bond acceptors (Lipinski definition) is 3. The number of hydrogen-bond donors (Lipinski definition) is 0. The molecule has 1 amide bonds. The molecule has 16 heavy (non-hydrogen) atoms. The minimum Gasteiger partial charge on any atom is -0.334 e. The highest BCUT2D eigenvalue weighted by molar-refractivity contribution is 5.76. The maximum absolute atomic E-state index is 11.9. The lowest BCUT2D eigenvalue weighted by molar-refractivity contribution is -0.132. The lowest BCUT2D eigenvalue weighted by Crippen LogP contribution is -2.30. The van der Waals surface area contributed by atoms with Gasteiger partial charge in [0.25, 0.3) is 0 Å². The predicted molar refractivity (Wildman–Crippen MR) is 60.6 cm³/mol. The van der Waals surface area contributed by atoms with Gasteiger partial charge >= 0.3 is 0 Å². The summed E-state index contributed by atoms with van der Waals surface area (Å²) in [5, 5.41) is 0. The first-order chi connectivity index (χ1) is 7.83. The molecule has 1 atom stereocenters. The minimum absolute atomic E-state index is 0.146. The van der Waals surface area contributed by atoms with Crippen LogP contribution in [0.2, 0.25) is 0 Å². The SMILES string of the molecule is CCCC(=O)N1CCC[C@H]1c1cnccn1. The van der Waals surface area contributed by atoms with Crippen LogP contribution in [0.4, 0.5) is 0 Å². The third-order valence-corrected chi connectivity index (χ3v) is 2.96. The molecule has 1 aliphatic rings. The third kappa shape index (κ3) is 2.21. The normalized spacial score (nSPS) is 20.1. The molecule has 2 heterocycles. The van der Waals surface area contributed by atoms with Crippen molar-refractivity contribution < 1.29 is 4.79 Å². The summed E-state index contributed by atoms with van der Waals surface area (Å²) in [4.78, 5) is 22.2. The molecule has 1 aromatic rings. The average Bonchev–Trinajstić information content (AvgIpc) is 2.79. The highest BCUT2D eigenvalue weighted by Crippen LogP contribution is 2.30. The second kappa shape index (κ2) is 5.05. The number of amides is 1. The van der Waals surface area contributed by atoms with E-state index in [2.05, 4.69) is 9.97 Å². The molecule has 0 unspecified atom stereocenters. The van der Waals surface area contributed by atoms with Gasteiger partial charge in [-0.3, -0.25) is 14.8 Å². The Bertz CT molecular complexity index is 353. The van der Waals surface area contributed by atoms with Gasteiger partial charge in [-0.1, -0.05) is 6.92 Å². The van der Waals surface area contributed by atoms with Crippen molar-refractivity contribution >= 4 is 5.91 Å². The zero-order chi connectivity index (χ0) is 11.4. The largest absolute Gasteiger partial charge is 0.334 e. The van der Waals surface area contributed by atoms with Crippen LogP contribution in [0.1, 0.15) is 44.3 Å². The fourth-order valence-electron chi connectivity index (χ4n) is 2.21. The van der Waals surface area contributed by atoms with E-state index in [0.29, 0.717) is 6.42 Å². The van der Waals surface area contributed by atoms with E-state index in [-0.39, 0.29) is 11.9 Å². The van der Waals surface area contributed by atoms with Crippen molar-refractivity contribution in [1.82, 2.24) is 14.9 Å². The molecule has 0 radical (unpaired) electrons. The molecular weight excluding hydrogens is 202 g/mol. The maximum atomic E-state index is 11.9. The summed E-state index contributed by atoms with van der Waals surface area (Å²) in [5.41, 5.74) is 0.921. The van der Waals surface area contributed by atoms with E-state index in [1.165, 1.54) is 0 Å². The standard InChI is InChI=1S/C12H17N3O/c1-2-4-12(16)15-8-3-5-11(15)10-9-13-6-7-14-10/h6-7,9,11H,2-5,8H2,1H3/t11-/m0/s1. The second-order valence-electron chi connectivity index (χ2n) is 4.13. The van der Waals surface area contributed by atoms with E-state index in [1.807, 2.05) is 11.8 Å². The van der Waals surface area contributed by atoms with Gasteiger partial charge in [0.05, 0.1) is 17.9 Å². The van der Waals surface area contributed by atoms with Crippen LogP contribution in [0.25, 0.3) is 0 Å². The number of carbonyl (C=O) groups is 1. The van der Waals surface area contributed by atoms with E-state index in [4.69, 9.17) is 0 Å². The van der Waals surface area contributed by atoms with E-state index >= 15 is 0 Å². The quantitative estimate of drug-likeness (QED) is 0.780. The Kier molecular flexibility index (Phi) is 3.49. The fraction of sp³-hybridized carbons (Fsp3) is 0.583. The molecule has 0 aliphatic carbocycles. The van der Waals surface area contributed by atoms with Gasteiger partial charge in [-0.2, -0.15) is 0 Å². The monoisotopic (exact) mass is 219 g/mol. The van der Waals surface area contributed by atoms with Gasteiger partial charge in [-0.25, -0.2) is 0 Å². The van der Waals surface area contributed by atoms with Crippen LogP contribution in [-0.2, 0) is 4.79 Å². The molecule has 1 aromatic heterocycles. The Morgan fingerprint density at radius 2 is 2.44 bits per heavy atom. The Labute approximate surface area is 95.7 Å². The van der Waals surface area contributed by atoms with Crippen LogP contribution in [-0.4, -0.2) is 27.3 Å². The van der Waals surface area contributed by atoms with Crippen molar-refractivity contribution in [2.75, 3.05) is 6.54 Å². The van der Waals surface area contributed by atoms with Crippen molar-refractivity contribution in [1.29, 1.82) is 0 Å². The molecule has 0 bridgehead atoms. The van der Waals surface area contributed by atoms with Gasteiger partial charge in [0.15, 0.2) is 0 Å². The Morgan fingerprint density at radius 3 is 3.12 bits per heavy atom. The molecule has 2 rings (SSSR count). The number of carbonyl (C=O) groups excluding carboxylic acids is 1. The van der Waals surface area contributed by atoms with Crippen molar-refractivity contribution in [2.45, 2.75) is 38.6 Å². The number of rotatable bonds is 3. The van der Waals surface area contributed by atoms with Gasteiger partial charge in [-0.15, -0.1) is 0 Å².